The smallest absolute Gasteiger partial charge is 0.129 e. The highest BCUT2D eigenvalue weighted by molar-refractivity contribution is 6.14. The quantitative estimate of drug-likeness (QED) is 0.568. The van der Waals surface area contributed by atoms with Crippen LogP contribution in [0.4, 0.5) is 11.5 Å². The molecule has 136 valence electrons. The van der Waals surface area contributed by atoms with E-state index in [0.717, 1.165) is 49.5 Å². The van der Waals surface area contributed by atoms with E-state index < -0.39 is 0 Å². The van der Waals surface area contributed by atoms with Gasteiger partial charge in [0.25, 0.3) is 0 Å². The highest BCUT2D eigenvalue weighted by Crippen LogP contribution is 2.40. The highest BCUT2D eigenvalue weighted by Gasteiger charge is 2.40. The van der Waals surface area contributed by atoms with Crippen LogP contribution in [0, 0.1) is 5.41 Å². The lowest BCUT2D eigenvalue weighted by molar-refractivity contribution is 0.200. The van der Waals surface area contributed by atoms with Crippen molar-refractivity contribution in [3.63, 3.8) is 0 Å². The van der Waals surface area contributed by atoms with E-state index in [1.807, 2.05) is 30.3 Å². The second-order valence-corrected chi connectivity index (χ2v) is 7.57. The fourth-order valence-electron chi connectivity index (χ4n) is 3.28. The van der Waals surface area contributed by atoms with Crippen LogP contribution >= 0.6 is 0 Å². The van der Waals surface area contributed by atoms with Crippen molar-refractivity contribution in [2.75, 3.05) is 23.7 Å². The van der Waals surface area contributed by atoms with Crippen LogP contribution in [-0.4, -0.2) is 35.4 Å². The predicted molar refractivity (Wildman–Crippen MR) is 104 cm³/mol. The number of nitrogen functional groups attached to an aromatic ring is 1. The third-order valence-corrected chi connectivity index (χ3v) is 5.20. The van der Waals surface area contributed by atoms with Crippen molar-refractivity contribution < 1.29 is 4.74 Å². The van der Waals surface area contributed by atoms with Gasteiger partial charge in [0.1, 0.15) is 17.2 Å². The SMILES string of the molecule is CC1(Oc2ccc(N)c(C(=N)c3ccnc(N4CCC(N)C4)c3)c2)CC1. The van der Waals surface area contributed by atoms with Crippen LogP contribution < -0.4 is 21.1 Å². The first-order valence-electron chi connectivity index (χ1n) is 9.08. The standard InChI is InChI=1S/C20H25N5O/c1-20(6-7-20)26-15-2-3-17(22)16(11-15)19(23)13-4-8-24-18(10-13)25-9-5-14(21)12-25/h2-4,8,10-11,14,23H,5-7,9,12,21-22H2,1H3. The fraction of sp³-hybridized carbons (Fsp3) is 0.400. The normalized spacial score (nSPS) is 20.8. The molecule has 2 heterocycles. The molecule has 1 saturated carbocycles. The van der Waals surface area contributed by atoms with Gasteiger partial charge in [0, 0.05) is 42.1 Å². The van der Waals surface area contributed by atoms with Crippen LogP contribution in [-0.2, 0) is 0 Å². The summed E-state index contributed by atoms with van der Waals surface area (Å²) in [5.74, 6) is 1.62. The Kier molecular flexibility index (Phi) is 4.07. The molecule has 1 saturated heterocycles. The van der Waals surface area contributed by atoms with Crippen molar-refractivity contribution in [3.05, 3.63) is 47.7 Å². The molecule has 1 aliphatic carbocycles. The molecule has 5 N–H and O–H groups in total. The predicted octanol–water partition coefficient (Wildman–Crippen LogP) is 2.55. The Morgan fingerprint density at radius 2 is 2.12 bits per heavy atom. The molecule has 1 aliphatic heterocycles. The maximum absolute atomic E-state index is 8.66. The van der Waals surface area contributed by atoms with Crippen LogP contribution in [0.3, 0.4) is 0 Å². The third-order valence-electron chi connectivity index (χ3n) is 5.20. The average Bonchev–Trinajstić information content (AvgIpc) is 3.19. The Hall–Kier alpha value is -2.60. The lowest BCUT2D eigenvalue weighted by Gasteiger charge is -2.18. The van der Waals surface area contributed by atoms with Gasteiger partial charge in [-0.15, -0.1) is 0 Å². The van der Waals surface area contributed by atoms with Crippen molar-refractivity contribution in [1.82, 2.24) is 4.98 Å². The molecule has 2 fully saturated rings. The van der Waals surface area contributed by atoms with Gasteiger partial charge >= 0.3 is 0 Å². The zero-order valence-electron chi connectivity index (χ0n) is 15.0. The third kappa shape index (κ3) is 3.37. The molecule has 0 radical (unpaired) electrons. The number of benzene rings is 1. The van der Waals surface area contributed by atoms with E-state index in [4.69, 9.17) is 21.6 Å². The topological polar surface area (TPSA) is 101 Å². The Morgan fingerprint density at radius 3 is 2.81 bits per heavy atom. The monoisotopic (exact) mass is 351 g/mol. The molecule has 4 rings (SSSR count). The van der Waals surface area contributed by atoms with Gasteiger partial charge in [-0.3, -0.25) is 5.41 Å². The van der Waals surface area contributed by atoms with E-state index in [1.165, 1.54) is 0 Å². The first-order valence-corrected chi connectivity index (χ1v) is 9.08. The minimum atomic E-state index is -0.0616. The minimum absolute atomic E-state index is 0.0616. The molecule has 0 amide bonds. The highest BCUT2D eigenvalue weighted by atomic mass is 16.5. The van der Waals surface area contributed by atoms with Gasteiger partial charge in [-0.25, -0.2) is 4.98 Å². The second-order valence-electron chi connectivity index (χ2n) is 7.57. The second kappa shape index (κ2) is 6.29. The first kappa shape index (κ1) is 16.8. The van der Waals surface area contributed by atoms with Gasteiger partial charge in [-0.1, -0.05) is 0 Å². The summed E-state index contributed by atoms with van der Waals surface area (Å²) in [6.07, 6.45) is 4.84. The van der Waals surface area contributed by atoms with Gasteiger partial charge in [-0.2, -0.15) is 0 Å². The summed E-state index contributed by atoms with van der Waals surface area (Å²) >= 11 is 0. The van der Waals surface area contributed by atoms with Crippen LogP contribution in [0.1, 0.15) is 37.3 Å². The number of aromatic nitrogens is 1. The van der Waals surface area contributed by atoms with Crippen LogP contribution in [0.5, 0.6) is 5.75 Å². The van der Waals surface area contributed by atoms with Gasteiger partial charge in [-0.05, 0) is 56.5 Å². The van der Waals surface area contributed by atoms with E-state index in [0.29, 0.717) is 17.0 Å². The van der Waals surface area contributed by atoms with E-state index in [2.05, 4.69) is 16.8 Å². The van der Waals surface area contributed by atoms with Crippen molar-refractivity contribution in [2.45, 2.75) is 37.8 Å². The molecule has 6 heteroatoms. The Balaban J connectivity index is 1.60. The summed E-state index contributed by atoms with van der Waals surface area (Å²) < 4.78 is 6.02. The number of rotatable bonds is 5. The van der Waals surface area contributed by atoms with E-state index in [9.17, 15) is 0 Å². The molecule has 0 spiro atoms. The number of hydrogen-bond acceptors (Lipinski definition) is 6. The lowest BCUT2D eigenvalue weighted by atomic mass is 10.0. The molecular formula is C20H25N5O. The summed E-state index contributed by atoms with van der Waals surface area (Å²) in [7, 11) is 0. The molecule has 2 aromatic rings. The number of anilines is 2. The number of nitrogens with one attached hydrogen (secondary N) is 1. The van der Waals surface area contributed by atoms with Gasteiger partial charge in [0.15, 0.2) is 0 Å². The van der Waals surface area contributed by atoms with Crippen LogP contribution in [0.2, 0.25) is 0 Å². The summed E-state index contributed by atoms with van der Waals surface area (Å²) in [5, 5.41) is 8.66. The van der Waals surface area contributed by atoms with Gasteiger partial charge in [0.05, 0.1) is 5.71 Å². The summed E-state index contributed by atoms with van der Waals surface area (Å²) in [6, 6.07) is 9.53. The van der Waals surface area contributed by atoms with Crippen molar-refractivity contribution in [1.29, 1.82) is 5.41 Å². The average molecular weight is 351 g/mol. The van der Waals surface area contributed by atoms with Crippen molar-refractivity contribution in [3.8, 4) is 5.75 Å². The summed E-state index contributed by atoms with van der Waals surface area (Å²) in [5.41, 5.74) is 14.5. The summed E-state index contributed by atoms with van der Waals surface area (Å²) in [4.78, 5) is 6.61. The van der Waals surface area contributed by atoms with Crippen molar-refractivity contribution >= 4 is 17.2 Å². The van der Waals surface area contributed by atoms with Gasteiger partial charge < -0.3 is 21.1 Å². The summed E-state index contributed by atoms with van der Waals surface area (Å²) in [6.45, 7) is 3.80. The molecule has 1 aromatic heterocycles. The Labute approximate surface area is 153 Å². The molecule has 2 aliphatic rings. The number of hydrogen-bond donors (Lipinski definition) is 3. The van der Waals surface area contributed by atoms with E-state index >= 15 is 0 Å². The molecule has 6 nitrogen and oxygen atoms in total. The number of nitrogens with zero attached hydrogens (tertiary/aromatic N) is 2. The molecular weight excluding hydrogens is 326 g/mol. The van der Waals surface area contributed by atoms with E-state index in [1.54, 1.807) is 6.20 Å². The number of ether oxygens (including phenoxy) is 1. The largest absolute Gasteiger partial charge is 0.488 e. The van der Waals surface area contributed by atoms with Gasteiger partial charge in [0.2, 0.25) is 0 Å². The van der Waals surface area contributed by atoms with Crippen molar-refractivity contribution in [2.24, 2.45) is 5.73 Å². The molecule has 26 heavy (non-hydrogen) atoms. The fourth-order valence-corrected chi connectivity index (χ4v) is 3.28. The Bertz CT molecular complexity index is 846. The minimum Gasteiger partial charge on any atom is -0.488 e. The maximum atomic E-state index is 8.66. The number of nitrogens with two attached hydrogens (primary N) is 2. The first-order chi connectivity index (χ1) is 12.4. The molecule has 1 atom stereocenters. The van der Waals surface area contributed by atoms with Crippen LogP contribution in [0.25, 0.3) is 0 Å². The van der Waals surface area contributed by atoms with Crippen LogP contribution in [0.15, 0.2) is 36.5 Å². The van der Waals surface area contributed by atoms with E-state index in [-0.39, 0.29) is 11.6 Å². The molecule has 0 bridgehead atoms. The maximum Gasteiger partial charge on any atom is 0.129 e. The zero-order valence-corrected chi connectivity index (χ0v) is 15.0. The number of pyridine rings is 1. The molecule has 1 aromatic carbocycles. The molecule has 1 unspecified atom stereocenters. The zero-order chi connectivity index (χ0) is 18.3. The Morgan fingerprint density at radius 1 is 1.31 bits per heavy atom. The lowest BCUT2D eigenvalue weighted by Crippen LogP contribution is -2.27.